The van der Waals surface area contributed by atoms with Crippen LogP contribution in [0.2, 0.25) is 0 Å². The molecule has 0 atom stereocenters. The number of benzene rings is 1. The number of hydrogen-bond donors (Lipinski definition) is 0. The maximum atomic E-state index is 8.63. The zero-order chi connectivity index (χ0) is 13.1. The molecule has 0 unspecified atom stereocenters. The zero-order valence-electron chi connectivity index (χ0n) is 11.3. The first kappa shape index (κ1) is 12.6. The molecule has 0 amide bonds. The molecular formula is C15H19N3. The molecule has 2 aromatic rings. The Labute approximate surface area is 108 Å². The number of imidazole rings is 1. The molecule has 0 aliphatic rings. The van der Waals surface area contributed by atoms with E-state index in [2.05, 4.69) is 54.7 Å². The van der Waals surface area contributed by atoms with Crippen molar-refractivity contribution in [3.8, 4) is 6.07 Å². The summed E-state index contributed by atoms with van der Waals surface area (Å²) in [5.41, 5.74) is 3.43. The first-order valence-corrected chi connectivity index (χ1v) is 6.43. The van der Waals surface area contributed by atoms with Crippen molar-refractivity contribution < 1.29 is 0 Å². The van der Waals surface area contributed by atoms with E-state index in [1.54, 1.807) is 0 Å². The Morgan fingerprint density at radius 2 is 2.17 bits per heavy atom. The number of fused-ring (bicyclic) bond motifs is 1. The summed E-state index contributed by atoms with van der Waals surface area (Å²) in [4.78, 5) is 4.67. The maximum Gasteiger partial charge on any atom is 0.109 e. The second-order valence-electron chi connectivity index (χ2n) is 5.17. The number of nitriles is 1. The quantitative estimate of drug-likeness (QED) is 0.824. The molecule has 0 aliphatic heterocycles. The highest BCUT2D eigenvalue weighted by molar-refractivity contribution is 5.76. The molecule has 0 radical (unpaired) electrons. The largest absolute Gasteiger partial charge is 0.331 e. The van der Waals surface area contributed by atoms with Gasteiger partial charge in [-0.2, -0.15) is 5.26 Å². The van der Waals surface area contributed by atoms with Crippen LogP contribution in [0.3, 0.4) is 0 Å². The van der Waals surface area contributed by atoms with Crippen LogP contribution in [0.4, 0.5) is 0 Å². The fourth-order valence-corrected chi connectivity index (χ4v) is 2.19. The number of nitrogens with zero attached hydrogens (tertiary/aromatic N) is 3. The molecule has 94 valence electrons. The van der Waals surface area contributed by atoms with Gasteiger partial charge in [-0.25, -0.2) is 4.98 Å². The highest BCUT2D eigenvalue weighted by Crippen LogP contribution is 2.19. The van der Waals surface area contributed by atoms with Gasteiger partial charge in [0.25, 0.3) is 0 Å². The van der Waals surface area contributed by atoms with Crippen molar-refractivity contribution in [1.29, 1.82) is 5.26 Å². The van der Waals surface area contributed by atoms with Crippen molar-refractivity contribution in [2.75, 3.05) is 0 Å². The summed E-state index contributed by atoms with van der Waals surface area (Å²) in [5.74, 6) is 1.75. The van der Waals surface area contributed by atoms with Gasteiger partial charge in [0.15, 0.2) is 0 Å². The van der Waals surface area contributed by atoms with E-state index in [1.165, 1.54) is 11.1 Å². The molecular weight excluding hydrogens is 222 g/mol. The lowest BCUT2D eigenvalue weighted by Gasteiger charge is -2.05. The molecule has 1 aromatic carbocycles. The fourth-order valence-electron chi connectivity index (χ4n) is 2.19. The summed E-state index contributed by atoms with van der Waals surface area (Å²) >= 11 is 0. The van der Waals surface area contributed by atoms with Crippen LogP contribution in [-0.4, -0.2) is 9.55 Å². The van der Waals surface area contributed by atoms with Gasteiger partial charge >= 0.3 is 0 Å². The van der Waals surface area contributed by atoms with Crippen LogP contribution in [0.1, 0.15) is 31.7 Å². The van der Waals surface area contributed by atoms with Gasteiger partial charge in [0.2, 0.25) is 0 Å². The highest BCUT2D eigenvalue weighted by Gasteiger charge is 2.09. The van der Waals surface area contributed by atoms with E-state index in [9.17, 15) is 0 Å². The standard InChI is InChI=1S/C15H19N3/c1-11(2)9-15-17-13-7-6-12(5-4-8-16)10-14(13)18(15)3/h6-7,10-11H,4-5,9H2,1-3H3. The Kier molecular flexibility index (Phi) is 3.66. The van der Waals surface area contributed by atoms with Gasteiger partial charge in [-0.15, -0.1) is 0 Å². The molecule has 0 N–H and O–H groups in total. The fraction of sp³-hybridized carbons (Fsp3) is 0.467. The predicted octanol–water partition coefficient (Wildman–Crippen LogP) is 3.23. The lowest BCUT2D eigenvalue weighted by molar-refractivity contribution is 0.606. The van der Waals surface area contributed by atoms with E-state index in [1.807, 2.05) is 0 Å². The normalized spacial score (nSPS) is 11.1. The summed E-state index contributed by atoms with van der Waals surface area (Å²) in [5, 5.41) is 8.63. The monoisotopic (exact) mass is 241 g/mol. The SMILES string of the molecule is CC(C)Cc1nc2ccc(CCC#N)cc2n1C. The molecule has 1 aromatic heterocycles. The van der Waals surface area contributed by atoms with Crippen LogP contribution in [0.25, 0.3) is 11.0 Å². The minimum absolute atomic E-state index is 0.572. The Hall–Kier alpha value is -1.82. The molecule has 0 spiro atoms. The molecule has 3 heteroatoms. The smallest absolute Gasteiger partial charge is 0.109 e. The molecule has 2 rings (SSSR count). The summed E-state index contributed by atoms with van der Waals surface area (Å²) in [6.45, 7) is 4.41. The van der Waals surface area contributed by atoms with Crippen molar-refractivity contribution >= 4 is 11.0 Å². The second kappa shape index (κ2) is 5.22. The van der Waals surface area contributed by atoms with Crippen molar-refractivity contribution in [2.24, 2.45) is 13.0 Å². The number of aromatic nitrogens is 2. The Morgan fingerprint density at radius 3 is 2.83 bits per heavy atom. The predicted molar refractivity (Wildman–Crippen MR) is 73.2 cm³/mol. The van der Waals surface area contributed by atoms with Gasteiger partial charge in [0.05, 0.1) is 17.1 Å². The summed E-state index contributed by atoms with van der Waals surface area (Å²) in [6, 6.07) is 8.48. The van der Waals surface area contributed by atoms with Crippen LogP contribution >= 0.6 is 0 Å². The van der Waals surface area contributed by atoms with E-state index in [-0.39, 0.29) is 0 Å². The van der Waals surface area contributed by atoms with E-state index < -0.39 is 0 Å². The van der Waals surface area contributed by atoms with Gasteiger partial charge in [-0.05, 0) is 30.0 Å². The third-order valence-electron chi connectivity index (χ3n) is 3.15. The average molecular weight is 241 g/mol. The van der Waals surface area contributed by atoms with Gasteiger partial charge in [0, 0.05) is 19.9 Å². The van der Waals surface area contributed by atoms with Crippen LogP contribution < -0.4 is 0 Å². The topological polar surface area (TPSA) is 41.6 Å². The third-order valence-corrected chi connectivity index (χ3v) is 3.15. The van der Waals surface area contributed by atoms with Gasteiger partial charge in [-0.1, -0.05) is 19.9 Å². The van der Waals surface area contributed by atoms with E-state index in [0.29, 0.717) is 12.3 Å². The van der Waals surface area contributed by atoms with E-state index in [4.69, 9.17) is 5.26 Å². The molecule has 18 heavy (non-hydrogen) atoms. The average Bonchev–Trinajstić information content (AvgIpc) is 2.63. The third kappa shape index (κ3) is 2.53. The highest BCUT2D eigenvalue weighted by atomic mass is 15.1. The van der Waals surface area contributed by atoms with Crippen LogP contribution in [0.15, 0.2) is 18.2 Å². The Morgan fingerprint density at radius 1 is 1.39 bits per heavy atom. The summed E-state index contributed by atoms with van der Waals surface area (Å²) in [6.07, 6.45) is 2.39. The first-order valence-electron chi connectivity index (χ1n) is 6.43. The lowest BCUT2D eigenvalue weighted by Crippen LogP contribution is -2.02. The number of hydrogen-bond acceptors (Lipinski definition) is 2. The van der Waals surface area contributed by atoms with Crippen LogP contribution in [0, 0.1) is 17.2 Å². The lowest BCUT2D eigenvalue weighted by atomic mass is 10.1. The minimum Gasteiger partial charge on any atom is -0.331 e. The summed E-state index contributed by atoms with van der Waals surface area (Å²) < 4.78 is 2.17. The number of rotatable bonds is 4. The van der Waals surface area contributed by atoms with Crippen molar-refractivity contribution in [2.45, 2.75) is 33.1 Å². The zero-order valence-corrected chi connectivity index (χ0v) is 11.3. The molecule has 1 heterocycles. The molecule has 3 nitrogen and oxygen atoms in total. The van der Waals surface area contributed by atoms with Crippen molar-refractivity contribution in [1.82, 2.24) is 9.55 Å². The molecule has 0 saturated heterocycles. The second-order valence-corrected chi connectivity index (χ2v) is 5.17. The Balaban J connectivity index is 2.37. The van der Waals surface area contributed by atoms with Gasteiger partial charge in [0.1, 0.15) is 5.82 Å². The van der Waals surface area contributed by atoms with Gasteiger partial charge in [-0.3, -0.25) is 0 Å². The van der Waals surface area contributed by atoms with Crippen molar-refractivity contribution in [3.05, 3.63) is 29.6 Å². The van der Waals surface area contributed by atoms with Crippen LogP contribution in [0.5, 0.6) is 0 Å². The maximum absolute atomic E-state index is 8.63. The van der Waals surface area contributed by atoms with E-state index >= 15 is 0 Å². The van der Waals surface area contributed by atoms with Crippen molar-refractivity contribution in [3.63, 3.8) is 0 Å². The number of aryl methyl sites for hydroxylation is 2. The molecule has 0 fully saturated rings. The van der Waals surface area contributed by atoms with Gasteiger partial charge < -0.3 is 4.57 Å². The van der Waals surface area contributed by atoms with Crippen LogP contribution in [-0.2, 0) is 19.9 Å². The first-order chi connectivity index (χ1) is 8.61. The minimum atomic E-state index is 0.572. The summed E-state index contributed by atoms with van der Waals surface area (Å²) in [7, 11) is 2.07. The Bertz CT molecular complexity index is 588. The van der Waals surface area contributed by atoms with E-state index in [0.717, 1.165) is 24.2 Å². The molecule has 0 saturated carbocycles. The molecule has 0 aliphatic carbocycles. The molecule has 0 bridgehead atoms.